The standard InChI is InChI=1S/C31H37ClN2O5/c1-30(2)37-18-31(3,19-38-30)17-36-22-11-8-20(9-12-22)28-27-24(25-16-21(32)10-13-26(25)33-27)14-15-34(28)29(35)39-23-6-4-5-7-23/h8-13,16,23,28,33H,4-7,14-15,17-19H2,1-3H3/t28-/m0/s1. The van der Waals surface area contributed by atoms with E-state index in [0.717, 1.165) is 60.0 Å². The quantitative estimate of drug-likeness (QED) is 0.368. The number of aromatic nitrogens is 1. The lowest BCUT2D eigenvalue weighted by atomic mass is 9.92. The normalized spacial score (nSPS) is 22.6. The van der Waals surface area contributed by atoms with E-state index < -0.39 is 5.79 Å². The number of carbonyl (C=O) groups excluding carboxylic acids is 1. The number of amides is 1. The van der Waals surface area contributed by atoms with Gasteiger partial charge in [0, 0.05) is 33.6 Å². The van der Waals surface area contributed by atoms with Crippen LogP contribution < -0.4 is 4.74 Å². The Hall–Kier alpha value is -2.74. The van der Waals surface area contributed by atoms with Crippen LogP contribution in [0.1, 0.15) is 69.3 Å². The van der Waals surface area contributed by atoms with Gasteiger partial charge in [-0.25, -0.2) is 4.79 Å². The molecule has 39 heavy (non-hydrogen) atoms. The van der Waals surface area contributed by atoms with E-state index in [0.29, 0.717) is 31.4 Å². The summed E-state index contributed by atoms with van der Waals surface area (Å²) in [5, 5.41) is 1.82. The van der Waals surface area contributed by atoms with Crippen LogP contribution in [0.5, 0.6) is 5.75 Å². The molecule has 1 atom stereocenters. The molecule has 0 bridgehead atoms. The lowest BCUT2D eigenvalue weighted by Gasteiger charge is -2.41. The second-order valence-electron chi connectivity index (χ2n) is 12.0. The summed E-state index contributed by atoms with van der Waals surface area (Å²) < 4.78 is 23.8. The molecule has 6 rings (SSSR count). The predicted octanol–water partition coefficient (Wildman–Crippen LogP) is 7.02. The lowest BCUT2D eigenvalue weighted by Crippen LogP contribution is -2.47. The number of ether oxygens (including phenoxy) is 4. The Balaban J connectivity index is 1.25. The van der Waals surface area contributed by atoms with E-state index in [4.69, 9.17) is 30.5 Å². The molecule has 2 aliphatic heterocycles. The minimum absolute atomic E-state index is 0.0107. The van der Waals surface area contributed by atoms with Gasteiger partial charge in [-0.1, -0.05) is 30.7 Å². The van der Waals surface area contributed by atoms with Crippen molar-refractivity contribution in [3.05, 3.63) is 64.3 Å². The number of rotatable bonds is 5. The maximum absolute atomic E-state index is 13.5. The highest BCUT2D eigenvalue weighted by molar-refractivity contribution is 6.31. The third-order valence-corrected chi connectivity index (χ3v) is 8.45. The Kier molecular flexibility index (Phi) is 7.02. The van der Waals surface area contributed by atoms with Crippen LogP contribution in [0.2, 0.25) is 5.02 Å². The molecule has 1 N–H and O–H groups in total. The third-order valence-electron chi connectivity index (χ3n) is 8.21. The van der Waals surface area contributed by atoms with Crippen LogP contribution >= 0.6 is 11.6 Å². The average Bonchev–Trinajstić information content (AvgIpc) is 3.57. The van der Waals surface area contributed by atoms with Crippen molar-refractivity contribution in [2.75, 3.05) is 26.4 Å². The van der Waals surface area contributed by atoms with Gasteiger partial charge in [-0.2, -0.15) is 0 Å². The Morgan fingerprint density at radius 2 is 1.79 bits per heavy atom. The zero-order chi connectivity index (χ0) is 27.2. The molecule has 1 saturated carbocycles. The van der Waals surface area contributed by atoms with Crippen LogP contribution in [0, 0.1) is 5.41 Å². The minimum atomic E-state index is -0.557. The summed E-state index contributed by atoms with van der Waals surface area (Å²) in [6, 6.07) is 13.7. The number of nitrogens with zero attached hydrogens (tertiary/aromatic N) is 1. The fourth-order valence-corrected chi connectivity index (χ4v) is 6.06. The molecule has 208 valence electrons. The monoisotopic (exact) mass is 552 g/mol. The number of benzene rings is 2. The summed E-state index contributed by atoms with van der Waals surface area (Å²) >= 11 is 6.34. The number of carbonyl (C=O) groups is 1. The molecule has 3 aromatic rings. The van der Waals surface area contributed by atoms with E-state index in [-0.39, 0.29) is 23.7 Å². The summed E-state index contributed by atoms with van der Waals surface area (Å²) in [6.07, 6.45) is 4.62. The van der Waals surface area contributed by atoms with Crippen LogP contribution in [0.3, 0.4) is 0 Å². The van der Waals surface area contributed by atoms with E-state index in [2.05, 4.69) is 11.9 Å². The zero-order valence-electron chi connectivity index (χ0n) is 22.9. The summed E-state index contributed by atoms with van der Waals surface area (Å²) in [7, 11) is 0. The molecule has 1 amide bonds. The van der Waals surface area contributed by atoms with Crippen LogP contribution in [0.25, 0.3) is 10.9 Å². The fraction of sp³-hybridized carbons (Fsp3) is 0.516. The fourth-order valence-electron chi connectivity index (χ4n) is 5.89. The molecular formula is C31H37ClN2O5. The molecule has 0 spiro atoms. The Morgan fingerprint density at radius 3 is 2.51 bits per heavy atom. The zero-order valence-corrected chi connectivity index (χ0v) is 23.7. The highest BCUT2D eigenvalue weighted by Gasteiger charge is 2.38. The second-order valence-corrected chi connectivity index (χ2v) is 12.4. The van der Waals surface area contributed by atoms with Gasteiger partial charge in [0.15, 0.2) is 5.79 Å². The number of fused-ring (bicyclic) bond motifs is 3. The number of hydrogen-bond acceptors (Lipinski definition) is 5. The largest absolute Gasteiger partial charge is 0.493 e. The van der Waals surface area contributed by atoms with E-state index in [1.54, 1.807) is 0 Å². The molecule has 1 aliphatic carbocycles. The van der Waals surface area contributed by atoms with E-state index in [1.807, 2.05) is 61.2 Å². The predicted molar refractivity (Wildman–Crippen MR) is 150 cm³/mol. The van der Waals surface area contributed by atoms with Crippen molar-refractivity contribution in [2.24, 2.45) is 5.41 Å². The maximum atomic E-state index is 13.5. The summed E-state index contributed by atoms with van der Waals surface area (Å²) in [6.45, 7) is 8.18. The Labute approximate surface area is 234 Å². The van der Waals surface area contributed by atoms with Crippen LogP contribution in [-0.4, -0.2) is 54.2 Å². The number of nitrogens with one attached hydrogen (secondary N) is 1. The van der Waals surface area contributed by atoms with Crippen molar-refractivity contribution in [3.63, 3.8) is 0 Å². The molecule has 2 fully saturated rings. The van der Waals surface area contributed by atoms with Crippen LogP contribution in [-0.2, 0) is 20.6 Å². The van der Waals surface area contributed by atoms with Gasteiger partial charge in [-0.3, -0.25) is 4.90 Å². The van der Waals surface area contributed by atoms with Crippen molar-refractivity contribution in [1.29, 1.82) is 0 Å². The van der Waals surface area contributed by atoms with Gasteiger partial charge < -0.3 is 23.9 Å². The van der Waals surface area contributed by atoms with E-state index in [9.17, 15) is 4.79 Å². The first kappa shape index (κ1) is 26.5. The molecule has 1 saturated heterocycles. The lowest BCUT2D eigenvalue weighted by molar-refractivity contribution is -0.285. The molecule has 0 radical (unpaired) electrons. The molecule has 1 aromatic heterocycles. The van der Waals surface area contributed by atoms with Crippen LogP contribution in [0.15, 0.2) is 42.5 Å². The number of halogens is 1. The Bertz CT molecular complexity index is 1340. The maximum Gasteiger partial charge on any atom is 0.410 e. The molecule has 7 nitrogen and oxygen atoms in total. The van der Waals surface area contributed by atoms with Gasteiger partial charge in [-0.05, 0) is 87.4 Å². The van der Waals surface area contributed by atoms with E-state index >= 15 is 0 Å². The van der Waals surface area contributed by atoms with Gasteiger partial charge in [0.25, 0.3) is 0 Å². The highest BCUT2D eigenvalue weighted by atomic mass is 35.5. The first-order valence-corrected chi connectivity index (χ1v) is 14.4. The molecular weight excluding hydrogens is 516 g/mol. The van der Waals surface area contributed by atoms with Gasteiger partial charge >= 0.3 is 6.09 Å². The van der Waals surface area contributed by atoms with Crippen molar-refractivity contribution < 1.29 is 23.7 Å². The van der Waals surface area contributed by atoms with Gasteiger partial charge in [0.1, 0.15) is 17.9 Å². The summed E-state index contributed by atoms with van der Waals surface area (Å²) in [5.41, 5.74) is 4.02. The van der Waals surface area contributed by atoms with Crippen LogP contribution in [0.4, 0.5) is 4.79 Å². The van der Waals surface area contributed by atoms with Crippen molar-refractivity contribution in [3.8, 4) is 5.75 Å². The Morgan fingerprint density at radius 1 is 1.08 bits per heavy atom. The van der Waals surface area contributed by atoms with Crippen molar-refractivity contribution in [2.45, 2.75) is 70.8 Å². The minimum Gasteiger partial charge on any atom is -0.493 e. The van der Waals surface area contributed by atoms with Gasteiger partial charge in [-0.15, -0.1) is 0 Å². The van der Waals surface area contributed by atoms with Gasteiger partial charge in [0.2, 0.25) is 0 Å². The third kappa shape index (κ3) is 5.49. The first-order valence-electron chi connectivity index (χ1n) is 14.0. The molecule has 3 heterocycles. The molecule has 0 unspecified atom stereocenters. The molecule has 3 aliphatic rings. The molecule has 8 heteroatoms. The smallest absolute Gasteiger partial charge is 0.410 e. The van der Waals surface area contributed by atoms with E-state index in [1.165, 1.54) is 5.56 Å². The topological polar surface area (TPSA) is 73.0 Å². The second kappa shape index (κ2) is 10.3. The number of H-pyrrole nitrogens is 1. The average molecular weight is 553 g/mol. The van der Waals surface area contributed by atoms with Crippen molar-refractivity contribution in [1.82, 2.24) is 9.88 Å². The molecule has 2 aromatic carbocycles. The highest BCUT2D eigenvalue weighted by Crippen LogP contribution is 2.40. The van der Waals surface area contributed by atoms with Crippen molar-refractivity contribution >= 4 is 28.6 Å². The number of aromatic amines is 1. The SMILES string of the molecule is CC1(COc2ccc([C@H]3c4[nH]c5ccc(Cl)cc5c4CCN3C(=O)OC3CCCC3)cc2)COC(C)(C)OC1. The summed E-state index contributed by atoms with van der Waals surface area (Å²) in [5.74, 6) is 0.211. The van der Waals surface area contributed by atoms with Gasteiger partial charge in [0.05, 0.1) is 19.8 Å². The summed E-state index contributed by atoms with van der Waals surface area (Å²) in [4.78, 5) is 18.9. The number of hydrogen-bond donors (Lipinski definition) is 1. The first-order chi connectivity index (χ1) is 18.7.